The highest BCUT2D eigenvalue weighted by atomic mass is 35.5. The molecule has 0 aromatic rings. The van der Waals surface area contributed by atoms with E-state index in [1.807, 2.05) is 0 Å². The first kappa shape index (κ1) is 15.6. The highest BCUT2D eigenvalue weighted by Crippen LogP contribution is 2.21. The van der Waals surface area contributed by atoms with E-state index in [0.29, 0.717) is 0 Å². The van der Waals surface area contributed by atoms with Crippen LogP contribution in [-0.2, 0) is 0 Å². The van der Waals surface area contributed by atoms with Crippen molar-refractivity contribution >= 4 is 11.6 Å². The van der Waals surface area contributed by atoms with E-state index in [-0.39, 0.29) is 0 Å². The highest BCUT2D eigenvalue weighted by molar-refractivity contribution is 6.17. The minimum Gasteiger partial charge on any atom is -0.303 e. The molecule has 2 heterocycles. The van der Waals surface area contributed by atoms with Crippen LogP contribution < -0.4 is 0 Å². The van der Waals surface area contributed by atoms with Crippen molar-refractivity contribution in [1.82, 2.24) is 9.80 Å². The smallest absolute Gasteiger partial charge is 0.0223 e. The molecule has 0 aromatic carbocycles. The Balaban J connectivity index is 1.50. The fourth-order valence-electron chi connectivity index (χ4n) is 3.51. The number of unbranched alkanes of at least 4 members (excludes halogenated alkanes) is 3. The van der Waals surface area contributed by atoms with Gasteiger partial charge in [-0.2, -0.15) is 0 Å². The summed E-state index contributed by atoms with van der Waals surface area (Å²) in [7, 11) is 0. The number of rotatable bonds is 8. The molecule has 0 N–H and O–H groups in total. The molecule has 112 valence electrons. The van der Waals surface area contributed by atoms with Crippen molar-refractivity contribution in [2.45, 2.75) is 51.4 Å². The molecule has 0 aliphatic carbocycles. The van der Waals surface area contributed by atoms with Gasteiger partial charge in [0, 0.05) is 12.4 Å². The Morgan fingerprint density at radius 3 is 2.16 bits per heavy atom. The maximum atomic E-state index is 5.70. The maximum absolute atomic E-state index is 5.70. The molecule has 0 saturated carbocycles. The van der Waals surface area contributed by atoms with Crippen LogP contribution in [0.3, 0.4) is 0 Å². The van der Waals surface area contributed by atoms with Gasteiger partial charge in [-0.15, -0.1) is 11.6 Å². The number of hydrogen-bond acceptors (Lipinski definition) is 2. The van der Waals surface area contributed by atoms with E-state index in [1.54, 1.807) is 0 Å². The van der Waals surface area contributed by atoms with Crippen LogP contribution in [0.5, 0.6) is 0 Å². The quantitative estimate of drug-likeness (QED) is 0.497. The summed E-state index contributed by atoms with van der Waals surface area (Å²) >= 11 is 5.70. The van der Waals surface area contributed by atoms with E-state index in [0.717, 1.165) is 11.8 Å². The molecule has 0 spiro atoms. The molecule has 2 aliphatic rings. The van der Waals surface area contributed by atoms with Crippen molar-refractivity contribution in [3.05, 3.63) is 0 Å². The van der Waals surface area contributed by atoms with Crippen LogP contribution in [0.25, 0.3) is 0 Å². The third kappa shape index (κ3) is 6.01. The second kappa shape index (κ2) is 9.20. The van der Waals surface area contributed by atoms with E-state index in [2.05, 4.69) is 9.80 Å². The molecule has 2 saturated heterocycles. The van der Waals surface area contributed by atoms with Crippen LogP contribution in [0.4, 0.5) is 0 Å². The summed E-state index contributed by atoms with van der Waals surface area (Å²) in [5.41, 5.74) is 0. The Kier molecular flexibility index (Phi) is 7.55. The molecule has 0 aromatic heterocycles. The molecule has 0 bridgehead atoms. The summed E-state index contributed by atoms with van der Waals surface area (Å²) in [6, 6.07) is 0. The lowest BCUT2D eigenvalue weighted by Crippen LogP contribution is -2.38. The number of alkyl halides is 1. The number of hydrogen-bond donors (Lipinski definition) is 0. The van der Waals surface area contributed by atoms with E-state index in [9.17, 15) is 0 Å². The zero-order valence-corrected chi connectivity index (χ0v) is 13.2. The Morgan fingerprint density at radius 1 is 0.789 bits per heavy atom. The van der Waals surface area contributed by atoms with Gasteiger partial charge in [0.05, 0.1) is 0 Å². The minimum atomic E-state index is 0.835. The van der Waals surface area contributed by atoms with Gasteiger partial charge in [-0.1, -0.05) is 12.8 Å². The van der Waals surface area contributed by atoms with Gasteiger partial charge < -0.3 is 9.80 Å². The Hall–Kier alpha value is 0.210. The Bertz CT molecular complexity index is 221. The Labute approximate surface area is 124 Å². The molecule has 2 nitrogen and oxygen atoms in total. The second-order valence-corrected chi connectivity index (χ2v) is 6.77. The summed E-state index contributed by atoms with van der Waals surface area (Å²) in [5.74, 6) is 1.81. The molecule has 0 radical (unpaired) electrons. The van der Waals surface area contributed by atoms with Crippen molar-refractivity contribution in [3.8, 4) is 0 Å². The lowest BCUT2D eigenvalue weighted by atomic mass is 9.96. The van der Waals surface area contributed by atoms with Crippen molar-refractivity contribution in [3.63, 3.8) is 0 Å². The van der Waals surface area contributed by atoms with Gasteiger partial charge in [0.2, 0.25) is 0 Å². The van der Waals surface area contributed by atoms with Crippen LogP contribution in [0, 0.1) is 5.92 Å². The standard InChI is InChI=1S/C16H31ClN2/c17-9-3-1-2-4-10-18-13-7-16(8-14-18)15-19-11-5-6-12-19/h16H,1-15H2. The summed E-state index contributed by atoms with van der Waals surface area (Å²) in [6.45, 7) is 8.10. The van der Waals surface area contributed by atoms with Crippen molar-refractivity contribution < 1.29 is 0 Å². The normalized spacial score (nSPS) is 23.2. The summed E-state index contributed by atoms with van der Waals surface area (Å²) in [5, 5.41) is 0. The zero-order valence-electron chi connectivity index (χ0n) is 12.5. The third-order valence-corrected chi connectivity index (χ3v) is 5.05. The average Bonchev–Trinajstić information content (AvgIpc) is 2.93. The van der Waals surface area contributed by atoms with Gasteiger partial charge in [0.15, 0.2) is 0 Å². The molecule has 2 rings (SSSR count). The first-order valence-corrected chi connectivity index (χ1v) is 8.92. The molecule has 0 amide bonds. The van der Waals surface area contributed by atoms with E-state index >= 15 is 0 Å². The predicted molar refractivity (Wildman–Crippen MR) is 84.0 cm³/mol. The topological polar surface area (TPSA) is 6.48 Å². The Morgan fingerprint density at radius 2 is 1.47 bits per heavy atom. The van der Waals surface area contributed by atoms with Crippen molar-refractivity contribution in [2.75, 3.05) is 45.1 Å². The number of halogens is 1. The third-order valence-electron chi connectivity index (χ3n) is 4.78. The average molecular weight is 287 g/mol. The fraction of sp³-hybridized carbons (Fsp3) is 1.00. The summed E-state index contributed by atoms with van der Waals surface area (Å²) in [6.07, 6.45) is 11.0. The van der Waals surface area contributed by atoms with Gasteiger partial charge in [-0.3, -0.25) is 0 Å². The van der Waals surface area contributed by atoms with Crippen LogP contribution in [0.1, 0.15) is 51.4 Å². The summed E-state index contributed by atoms with van der Waals surface area (Å²) < 4.78 is 0. The maximum Gasteiger partial charge on any atom is 0.0223 e. The lowest BCUT2D eigenvalue weighted by molar-refractivity contribution is 0.152. The molecule has 2 fully saturated rings. The second-order valence-electron chi connectivity index (χ2n) is 6.40. The van der Waals surface area contributed by atoms with Crippen molar-refractivity contribution in [1.29, 1.82) is 0 Å². The molecule has 0 atom stereocenters. The molecular weight excluding hydrogens is 256 g/mol. The molecule has 19 heavy (non-hydrogen) atoms. The molecule has 0 unspecified atom stereocenters. The lowest BCUT2D eigenvalue weighted by Gasteiger charge is -2.33. The number of piperidine rings is 1. The van der Waals surface area contributed by atoms with Gasteiger partial charge in [0.1, 0.15) is 0 Å². The van der Waals surface area contributed by atoms with E-state index < -0.39 is 0 Å². The highest BCUT2D eigenvalue weighted by Gasteiger charge is 2.22. The molecule has 3 heteroatoms. The first-order valence-electron chi connectivity index (χ1n) is 8.39. The van der Waals surface area contributed by atoms with Crippen molar-refractivity contribution in [2.24, 2.45) is 5.92 Å². The molecule has 2 aliphatic heterocycles. The predicted octanol–water partition coefficient (Wildman–Crippen LogP) is 3.59. The first-order chi connectivity index (χ1) is 9.38. The number of nitrogens with zero attached hydrogens (tertiary/aromatic N) is 2. The van der Waals surface area contributed by atoms with E-state index in [4.69, 9.17) is 11.6 Å². The monoisotopic (exact) mass is 286 g/mol. The SMILES string of the molecule is ClCCCCCCN1CCC(CN2CCCC2)CC1. The largest absolute Gasteiger partial charge is 0.303 e. The number of likely N-dealkylation sites (tertiary alicyclic amines) is 2. The van der Waals surface area contributed by atoms with Crippen LogP contribution in [-0.4, -0.2) is 54.9 Å². The van der Waals surface area contributed by atoms with Gasteiger partial charge >= 0.3 is 0 Å². The van der Waals surface area contributed by atoms with Crippen LogP contribution in [0.2, 0.25) is 0 Å². The van der Waals surface area contributed by atoms with Crippen LogP contribution in [0.15, 0.2) is 0 Å². The van der Waals surface area contributed by atoms with Gasteiger partial charge in [-0.25, -0.2) is 0 Å². The van der Waals surface area contributed by atoms with Gasteiger partial charge in [0.25, 0.3) is 0 Å². The van der Waals surface area contributed by atoms with Crippen LogP contribution >= 0.6 is 11.6 Å². The van der Waals surface area contributed by atoms with E-state index in [1.165, 1.54) is 90.6 Å². The molecular formula is C16H31ClN2. The minimum absolute atomic E-state index is 0.835. The summed E-state index contributed by atoms with van der Waals surface area (Å²) in [4.78, 5) is 5.37. The van der Waals surface area contributed by atoms with Gasteiger partial charge in [-0.05, 0) is 77.2 Å². The zero-order chi connectivity index (χ0) is 13.3. The fourth-order valence-corrected chi connectivity index (χ4v) is 3.70.